The molecule has 1 aromatic rings. The summed E-state index contributed by atoms with van der Waals surface area (Å²) in [6.45, 7) is 0. The van der Waals surface area contributed by atoms with Gasteiger partial charge in [-0.15, -0.1) is 0 Å². The van der Waals surface area contributed by atoms with Gasteiger partial charge in [0.1, 0.15) is 0 Å². The number of aryl methyl sites for hydroxylation is 1. The van der Waals surface area contributed by atoms with Gasteiger partial charge in [-0.25, -0.2) is 4.79 Å². The summed E-state index contributed by atoms with van der Waals surface area (Å²) in [5.41, 5.74) is -0.146. The lowest BCUT2D eigenvalue weighted by Gasteiger charge is -1.98. The maximum Gasteiger partial charge on any atom is 0.358 e. The number of aromatic carboxylic acids is 1. The van der Waals surface area contributed by atoms with Crippen molar-refractivity contribution in [3.8, 4) is 5.75 Å². The van der Waals surface area contributed by atoms with Crippen LogP contribution < -0.4 is 4.74 Å². The summed E-state index contributed by atoms with van der Waals surface area (Å²) in [5.74, 6) is -1.19. The Morgan fingerprint density at radius 1 is 1.69 bits per heavy atom. The molecule has 1 heterocycles. The number of aldehydes is 1. The first-order valence-corrected chi connectivity index (χ1v) is 3.41. The second-order valence-electron chi connectivity index (χ2n) is 2.31. The molecule has 6 heteroatoms. The van der Waals surface area contributed by atoms with E-state index in [2.05, 4.69) is 5.10 Å². The van der Waals surface area contributed by atoms with Gasteiger partial charge in [-0.2, -0.15) is 5.10 Å². The van der Waals surface area contributed by atoms with Gasteiger partial charge in [-0.05, 0) is 0 Å². The average molecular weight is 184 g/mol. The summed E-state index contributed by atoms with van der Waals surface area (Å²) in [4.78, 5) is 21.1. The molecule has 0 spiro atoms. The lowest BCUT2D eigenvalue weighted by atomic mass is 10.3. The second-order valence-corrected chi connectivity index (χ2v) is 2.31. The predicted octanol–water partition coefficient (Wildman–Crippen LogP) is -0.0606. The van der Waals surface area contributed by atoms with E-state index < -0.39 is 5.97 Å². The number of hydrogen-bond acceptors (Lipinski definition) is 4. The van der Waals surface area contributed by atoms with Crippen LogP contribution in [-0.4, -0.2) is 34.3 Å². The van der Waals surface area contributed by atoms with Crippen molar-refractivity contribution >= 4 is 12.3 Å². The van der Waals surface area contributed by atoms with Crippen molar-refractivity contribution in [1.29, 1.82) is 0 Å². The summed E-state index contributed by atoms with van der Waals surface area (Å²) in [6, 6.07) is 0. The van der Waals surface area contributed by atoms with Crippen LogP contribution in [0.3, 0.4) is 0 Å². The number of nitrogens with zero attached hydrogens (tertiary/aromatic N) is 2. The van der Waals surface area contributed by atoms with Crippen LogP contribution in [0.5, 0.6) is 5.75 Å². The van der Waals surface area contributed by atoms with Crippen LogP contribution in [0.1, 0.15) is 21.0 Å². The number of hydrogen-bond donors (Lipinski definition) is 1. The topological polar surface area (TPSA) is 81.4 Å². The van der Waals surface area contributed by atoms with Gasteiger partial charge in [-0.3, -0.25) is 9.48 Å². The zero-order valence-corrected chi connectivity index (χ0v) is 7.14. The summed E-state index contributed by atoms with van der Waals surface area (Å²) in [5, 5.41) is 12.4. The minimum absolute atomic E-state index is 0.00926. The van der Waals surface area contributed by atoms with Gasteiger partial charge in [0, 0.05) is 7.05 Å². The van der Waals surface area contributed by atoms with Crippen molar-refractivity contribution < 1.29 is 19.4 Å². The Morgan fingerprint density at radius 3 is 2.69 bits per heavy atom. The van der Waals surface area contributed by atoms with Crippen LogP contribution in [0.15, 0.2) is 0 Å². The maximum atomic E-state index is 10.7. The number of rotatable bonds is 3. The van der Waals surface area contributed by atoms with Crippen molar-refractivity contribution in [2.75, 3.05) is 7.11 Å². The normalized spacial score (nSPS) is 9.69. The third-order valence-corrected chi connectivity index (χ3v) is 1.55. The van der Waals surface area contributed by atoms with E-state index in [-0.39, 0.29) is 17.1 Å². The van der Waals surface area contributed by atoms with E-state index in [0.29, 0.717) is 6.29 Å². The first kappa shape index (κ1) is 9.24. The molecular weight excluding hydrogens is 176 g/mol. The van der Waals surface area contributed by atoms with Gasteiger partial charge in [0.15, 0.2) is 23.4 Å². The Kier molecular flexibility index (Phi) is 2.32. The molecule has 0 aliphatic rings. The Hall–Kier alpha value is -1.85. The van der Waals surface area contributed by atoms with Crippen LogP contribution in [0, 0.1) is 0 Å². The maximum absolute atomic E-state index is 10.7. The molecule has 0 saturated carbocycles. The minimum atomic E-state index is -1.18. The minimum Gasteiger partial charge on any atom is -0.492 e. The molecule has 0 saturated heterocycles. The average Bonchev–Trinajstić information content (AvgIpc) is 2.41. The molecule has 0 aliphatic carbocycles. The van der Waals surface area contributed by atoms with Crippen LogP contribution in [-0.2, 0) is 7.05 Å². The fourth-order valence-electron chi connectivity index (χ4n) is 1.04. The van der Waals surface area contributed by atoms with Crippen LogP contribution >= 0.6 is 0 Å². The van der Waals surface area contributed by atoms with Gasteiger partial charge in [0.05, 0.1) is 7.11 Å². The number of carboxylic acid groups (broad SMARTS) is 1. The first-order chi connectivity index (χ1) is 6.11. The largest absolute Gasteiger partial charge is 0.492 e. The zero-order valence-electron chi connectivity index (χ0n) is 7.14. The molecule has 1 N–H and O–H groups in total. The smallest absolute Gasteiger partial charge is 0.358 e. The molecule has 13 heavy (non-hydrogen) atoms. The summed E-state index contributed by atoms with van der Waals surface area (Å²) < 4.78 is 5.84. The summed E-state index contributed by atoms with van der Waals surface area (Å²) >= 11 is 0. The molecule has 0 aromatic carbocycles. The number of ether oxygens (including phenoxy) is 1. The molecule has 1 rings (SSSR count). The quantitative estimate of drug-likeness (QED) is 0.665. The number of carbonyl (C=O) groups excluding carboxylic acids is 1. The van der Waals surface area contributed by atoms with E-state index in [1.807, 2.05) is 0 Å². The van der Waals surface area contributed by atoms with E-state index >= 15 is 0 Å². The fourth-order valence-corrected chi connectivity index (χ4v) is 1.04. The third-order valence-electron chi connectivity index (χ3n) is 1.55. The third kappa shape index (κ3) is 1.37. The van der Waals surface area contributed by atoms with Crippen molar-refractivity contribution in [2.24, 2.45) is 7.05 Å². The molecule has 6 nitrogen and oxygen atoms in total. The number of carboxylic acids is 1. The number of aromatic nitrogens is 2. The molecular formula is C7H8N2O4. The van der Waals surface area contributed by atoms with Crippen LogP contribution in [0.25, 0.3) is 0 Å². The zero-order chi connectivity index (χ0) is 10.0. The highest BCUT2D eigenvalue weighted by atomic mass is 16.5. The fraction of sp³-hybridized carbons (Fsp3) is 0.286. The molecule has 0 amide bonds. The van der Waals surface area contributed by atoms with Gasteiger partial charge in [0.2, 0.25) is 0 Å². The Labute approximate surface area is 73.7 Å². The van der Waals surface area contributed by atoms with Gasteiger partial charge in [-0.1, -0.05) is 0 Å². The van der Waals surface area contributed by atoms with Crippen molar-refractivity contribution in [3.05, 3.63) is 11.4 Å². The standard InChI is InChI=1S/C7H8N2O4/c1-9-5(7(11)12)6(13-2)4(3-10)8-9/h3H,1-2H3,(H,11,12). The van der Waals surface area contributed by atoms with Gasteiger partial charge < -0.3 is 9.84 Å². The molecule has 0 atom stereocenters. The van der Waals surface area contributed by atoms with E-state index in [1.54, 1.807) is 0 Å². The van der Waals surface area contributed by atoms with Crippen molar-refractivity contribution in [1.82, 2.24) is 9.78 Å². The molecule has 1 aromatic heterocycles. The molecule has 0 radical (unpaired) electrons. The highest BCUT2D eigenvalue weighted by Crippen LogP contribution is 2.20. The molecule has 70 valence electrons. The first-order valence-electron chi connectivity index (χ1n) is 3.41. The highest BCUT2D eigenvalue weighted by Gasteiger charge is 2.21. The molecule has 0 fully saturated rings. The van der Waals surface area contributed by atoms with Crippen molar-refractivity contribution in [3.63, 3.8) is 0 Å². The lowest BCUT2D eigenvalue weighted by Crippen LogP contribution is -2.06. The molecule has 0 unspecified atom stereocenters. The molecule has 0 bridgehead atoms. The summed E-state index contributed by atoms with van der Waals surface area (Å²) in [7, 11) is 2.72. The monoisotopic (exact) mass is 184 g/mol. The van der Waals surface area contributed by atoms with Gasteiger partial charge in [0.25, 0.3) is 0 Å². The van der Waals surface area contributed by atoms with Crippen molar-refractivity contribution in [2.45, 2.75) is 0 Å². The predicted molar refractivity (Wildman–Crippen MR) is 42.1 cm³/mol. The van der Waals surface area contributed by atoms with Gasteiger partial charge >= 0.3 is 5.97 Å². The highest BCUT2D eigenvalue weighted by molar-refractivity contribution is 5.92. The second kappa shape index (κ2) is 3.26. The molecule has 0 aliphatic heterocycles. The van der Waals surface area contributed by atoms with E-state index in [1.165, 1.54) is 14.2 Å². The Bertz CT molecular complexity index is 356. The Balaban J connectivity index is 3.39. The lowest BCUT2D eigenvalue weighted by molar-refractivity contribution is 0.0681. The number of methoxy groups -OCH3 is 1. The number of carbonyl (C=O) groups is 2. The van der Waals surface area contributed by atoms with Crippen LogP contribution in [0.2, 0.25) is 0 Å². The van der Waals surface area contributed by atoms with E-state index in [4.69, 9.17) is 9.84 Å². The SMILES string of the molecule is COc1c(C=O)nn(C)c1C(=O)O. The van der Waals surface area contributed by atoms with E-state index in [9.17, 15) is 9.59 Å². The summed E-state index contributed by atoms with van der Waals surface area (Å²) in [6.07, 6.45) is 0.450. The van der Waals surface area contributed by atoms with Crippen LogP contribution in [0.4, 0.5) is 0 Å². The van der Waals surface area contributed by atoms with E-state index in [0.717, 1.165) is 4.68 Å². The Morgan fingerprint density at radius 2 is 2.31 bits per heavy atom.